The zero-order valence-electron chi connectivity index (χ0n) is 6.18. The fourth-order valence-corrected chi connectivity index (χ4v) is 1.12. The van der Waals surface area contributed by atoms with Crippen LogP contribution in [0.25, 0.3) is 0 Å². The van der Waals surface area contributed by atoms with Crippen LogP contribution >= 0.6 is 23.7 Å². The summed E-state index contributed by atoms with van der Waals surface area (Å²) in [6.07, 6.45) is 1.59. The molecule has 0 amide bonds. The summed E-state index contributed by atoms with van der Waals surface area (Å²) in [5.74, 6) is -0.0310. The van der Waals surface area contributed by atoms with Crippen LogP contribution in [-0.2, 0) is 0 Å². The number of nitrogens with zero attached hydrogens (tertiary/aromatic N) is 2. The van der Waals surface area contributed by atoms with Crippen LogP contribution in [0.5, 0.6) is 0 Å². The fraction of sp³-hybridized carbons (Fsp3) is 0. The maximum Gasteiger partial charge on any atom is 0.211 e. The van der Waals surface area contributed by atoms with Crippen molar-refractivity contribution in [2.75, 3.05) is 0 Å². The molecule has 0 unspecified atom stereocenters. The van der Waals surface area contributed by atoms with Crippen molar-refractivity contribution in [1.82, 2.24) is 0 Å². The minimum atomic E-state index is -0.0310. The van der Waals surface area contributed by atoms with Gasteiger partial charge in [-0.2, -0.15) is 16.4 Å². The van der Waals surface area contributed by atoms with Crippen LogP contribution in [0.15, 0.2) is 27.0 Å². The van der Waals surface area contributed by atoms with Crippen LogP contribution in [0, 0.1) is 0 Å². The first-order valence-electron chi connectivity index (χ1n) is 2.93. The van der Waals surface area contributed by atoms with Gasteiger partial charge in [0.25, 0.3) is 0 Å². The molecule has 0 spiro atoms. The van der Waals surface area contributed by atoms with Crippen molar-refractivity contribution < 1.29 is 0 Å². The van der Waals surface area contributed by atoms with E-state index in [4.69, 9.17) is 11.5 Å². The molecule has 0 saturated carbocycles. The Hall–Kier alpha value is -1.07. The highest BCUT2D eigenvalue weighted by Crippen LogP contribution is 2.02. The van der Waals surface area contributed by atoms with Gasteiger partial charge in [0.2, 0.25) is 5.96 Å². The van der Waals surface area contributed by atoms with Crippen molar-refractivity contribution >= 4 is 35.9 Å². The van der Waals surface area contributed by atoms with E-state index < -0.39 is 0 Å². The smallest absolute Gasteiger partial charge is 0.211 e. The fourth-order valence-electron chi connectivity index (χ4n) is 0.511. The second kappa shape index (κ2) is 5.56. The summed E-state index contributed by atoms with van der Waals surface area (Å²) in [5, 5.41) is 11.0. The summed E-state index contributed by atoms with van der Waals surface area (Å²) >= 11 is 1.60. The molecule has 0 atom stereocenters. The highest BCUT2D eigenvalue weighted by molar-refractivity contribution is 7.08. The minimum Gasteiger partial charge on any atom is -0.369 e. The largest absolute Gasteiger partial charge is 0.369 e. The molecule has 12 heavy (non-hydrogen) atoms. The highest BCUT2D eigenvalue weighted by Gasteiger charge is 1.83. The van der Waals surface area contributed by atoms with Crippen molar-refractivity contribution in [2.24, 2.45) is 21.7 Å². The molecule has 4 nitrogen and oxygen atoms in total. The van der Waals surface area contributed by atoms with Crippen LogP contribution in [0.2, 0.25) is 0 Å². The normalized spacial score (nSPS) is 9.33. The maximum absolute atomic E-state index is 5.05. The molecule has 6 heteroatoms. The van der Waals surface area contributed by atoms with Crippen LogP contribution in [0.4, 0.5) is 0 Å². The number of rotatable bonds is 2. The van der Waals surface area contributed by atoms with Crippen LogP contribution in [0.3, 0.4) is 0 Å². The van der Waals surface area contributed by atoms with E-state index in [2.05, 4.69) is 10.2 Å². The zero-order chi connectivity index (χ0) is 8.10. The molecule has 1 rings (SSSR count). The molecule has 0 aliphatic heterocycles. The van der Waals surface area contributed by atoms with Gasteiger partial charge in [-0.1, -0.05) is 0 Å². The predicted octanol–water partition coefficient (Wildman–Crippen LogP) is 0.777. The first kappa shape index (κ1) is 10.9. The first-order chi connectivity index (χ1) is 5.29. The Morgan fingerprint density at radius 3 is 2.75 bits per heavy atom. The summed E-state index contributed by atoms with van der Waals surface area (Å²) in [7, 11) is 0. The van der Waals surface area contributed by atoms with Gasteiger partial charge in [0.1, 0.15) is 0 Å². The maximum atomic E-state index is 5.05. The quantitative estimate of drug-likeness (QED) is 0.424. The molecule has 0 fully saturated rings. The van der Waals surface area contributed by atoms with Gasteiger partial charge < -0.3 is 11.5 Å². The van der Waals surface area contributed by atoms with Gasteiger partial charge in [-0.25, -0.2) is 0 Å². The lowest BCUT2D eigenvalue weighted by Gasteiger charge is -1.82. The van der Waals surface area contributed by atoms with Gasteiger partial charge in [0.05, 0.1) is 6.21 Å². The molecular formula is C6H9ClN4S. The summed E-state index contributed by atoms with van der Waals surface area (Å²) in [4.78, 5) is 0. The van der Waals surface area contributed by atoms with Gasteiger partial charge in [0.15, 0.2) is 0 Å². The summed E-state index contributed by atoms with van der Waals surface area (Å²) in [6, 6.07) is 1.93. The third-order valence-electron chi connectivity index (χ3n) is 0.923. The molecule has 0 saturated heterocycles. The molecule has 1 aromatic heterocycles. The van der Waals surface area contributed by atoms with Crippen LogP contribution in [-0.4, -0.2) is 12.2 Å². The standard InChI is InChI=1S/C6H8N4S.ClH/c7-6(8)10-9-3-5-1-2-11-4-5;/h1-4H,(H4,7,8,10);1H/b9-3+;. The minimum absolute atomic E-state index is 0. The Balaban J connectivity index is 0.00000121. The van der Waals surface area contributed by atoms with Gasteiger partial charge in [-0.05, 0) is 16.8 Å². The molecule has 0 aliphatic carbocycles. The molecule has 4 N–H and O–H groups in total. The van der Waals surface area contributed by atoms with Crippen molar-refractivity contribution in [1.29, 1.82) is 0 Å². The third-order valence-corrected chi connectivity index (χ3v) is 1.62. The molecule has 0 aliphatic rings. The Bertz CT molecular complexity index is 263. The number of nitrogens with two attached hydrogens (primary N) is 2. The van der Waals surface area contributed by atoms with Crippen molar-refractivity contribution in [3.05, 3.63) is 22.4 Å². The van der Waals surface area contributed by atoms with E-state index >= 15 is 0 Å². The first-order valence-corrected chi connectivity index (χ1v) is 3.87. The lowest BCUT2D eigenvalue weighted by atomic mass is 10.4. The van der Waals surface area contributed by atoms with E-state index in [1.165, 1.54) is 0 Å². The predicted molar refractivity (Wildman–Crippen MR) is 55.0 cm³/mol. The van der Waals surface area contributed by atoms with E-state index in [1.807, 2.05) is 16.8 Å². The highest BCUT2D eigenvalue weighted by atomic mass is 35.5. The zero-order valence-corrected chi connectivity index (χ0v) is 7.81. The molecule has 1 heterocycles. The average molecular weight is 205 g/mol. The second-order valence-electron chi connectivity index (χ2n) is 1.83. The van der Waals surface area contributed by atoms with E-state index in [0.717, 1.165) is 5.56 Å². The summed E-state index contributed by atoms with van der Waals surface area (Å²) in [5.41, 5.74) is 11.1. The number of thiophene rings is 1. The monoisotopic (exact) mass is 204 g/mol. The van der Waals surface area contributed by atoms with Gasteiger partial charge in [-0.15, -0.1) is 17.5 Å². The Kier molecular flexibility index (Phi) is 5.07. The van der Waals surface area contributed by atoms with E-state index in [9.17, 15) is 0 Å². The van der Waals surface area contributed by atoms with E-state index in [1.54, 1.807) is 17.6 Å². The van der Waals surface area contributed by atoms with Gasteiger partial charge in [0, 0.05) is 5.56 Å². The lowest BCUT2D eigenvalue weighted by molar-refractivity contribution is 1.22. The number of halogens is 1. The Morgan fingerprint density at radius 2 is 2.25 bits per heavy atom. The van der Waals surface area contributed by atoms with E-state index in [-0.39, 0.29) is 18.4 Å². The number of guanidine groups is 1. The number of hydrogen-bond acceptors (Lipinski definition) is 3. The topological polar surface area (TPSA) is 76.8 Å². The average Bonchev–Trinajstić information content (AvgIpc) is 2.39. The van der Waals surface area contributed by atoms with E-state index in [0.29, 0.717) is 0 Å². The Morgan fingerprint density at radius 1 is 1.50 bits per heavy atom. The molecular weight excluding hydrogens is 196 g/mol. The van der Waals surface area contributed by atoms with Crippen LogP contribution < -0.4 is 11.5 Å². The van der Waals surface area contributed by atoms with Crippen molar-refractivity contribution in [3.63, 3.8) is 0 Å². The SMILES string of the molecule is Cl.NC(N)=N/N=C/c1ccsc1. The summed E-state index contributed by atoms with van der Waals surface area (Å²) in [6.45, 7) is 0. The molecule has 0 bridgehead atoms. The summed E-state index contributed by atoms with van der Waals surface area (Å²) < 4.78 is 0. The number of hydrogen-bond donors (Lipinski definition) is 2. The molecule has 66 valence electrons. The van der Waals surface area contributed by atoms with Crippen molar-refractivity contribution in [2.45, 2.75) is 0 Å². The third kappa shape index (κ3) is 3.95. The lowest BCUT2D eigenvalue weighted by Crippen LogP contribution is -2.21. The van der Waals surface area contributed by atoms with Gasteiger partial charge >= 0.3 is 0 Å². The molecule has 1 aromatic rings. The second-order valence-corrected chi connectivity index (χ2v) is 2.61. The van der Waals surface area contributed by atoms with Crippen molar-refractivity contribution in [3.8, 4) is 0 Å². The van der Waals surface area contributed by atoms with Crippen LogP contribution in [0.1, 0.15) is 5.56 Å². The molecule has 0 aromatic carbocycles. The van der Waals surface area contributed by atoms with Gasteiger partial charge in [-0.3, -0.25) is 0 Å². The Labute approximate surface area is 80.4 Å². The molecule has 0 radical (unpaired) electrons.